The van der Waals surface area contributed by atoms with Gasteiger partial charge in [-0.1, -0.05) is 38.8 Å². The molecule has 0 spiro atoms. The molecule has 0 radical (unpaired) electrons. The summed E-state index contributed by atoms with van der Waals surface area (Å²) in [5.74, 6) is 0. The lowest BCUT2D eigenvalue weighted by Gasteiger charge is -2.21. The Kier molecular flexibility index (Phi) is 6.33. The van der Waals surface area contributed by atoms with Gasteiger partial charge >= 0.3 is 0 Å². The third kappa shape index (κ3) is 5.63. The average Bonchev–Trinajstić information content (AvgIpc) is 2.39. The summed E-state index contributed by atoms with van der Waals surface area (Å²) in [6.45, 7) is 8.22. The van der Waals surface area contributed by atoms with Crippen molar-refractivity contribution in [1.82, 2.24) is 0 Å². The molecule has 1 aromatic rings. The van der Waals surface area contributed by atoms with Gasteiger partial charge in [0, 0.05) is 12.2 Å². The van der Waals surface area contributed by atoms with Crippen LogP contribution in [-0.4, -0.2) is 12.2 Å². The fourth-order valence-corrected chi connectivity index (χ4v) is 2.04. The molecule has 0 amide bonds. The Morgan fingerprint density at radius 3 is 2.58 bits per heavy atom. The number of halogens is 1. The van der Waals surface area contributed by atoms with Gasteiger partial charge in [0.15, 0.2) is 0 Å². The van der Waals surface area contributed by atoms with Crippen LogP contribution in [0.5, 0.6) is 0 Å². The van der Waals surface area contributed by atoms with Crippen LogP contribution in [-0.2, 0) is 6.42 Å². The van der Waals surface area contributed by atoms with E-state index in [1.54, 1.807) is 6.92 Å². The van der Waals surface area contributed by atoms with Crippen molar-refractivity contribution in [1.29, 1.82) is 0 Å². The fraction of sp³-hybridized carbons (Fsp3) is 0.647. The number of hydrogen-bond donors (Lipinski definition) is 1. The molecule has 0 fully saturated rings. The molecular formula is C17H28FN. The second-order valence-electron chi connectivity index (χ2n) is 5.74. The highest BCUT2D eigenvalue weighted by molar-refractivity contribution is 5.53. The van der Waals surface area contributed by atoms with Gasteiger partial charge in [-0.05, 0) is 50.3 Å². The van der Waals surface area contributed by atoms with Crippen LogP contribution in [0.25, 0.3) is 0 Å². The largest absolute Gasteiger partial charge is 0.382 e. The third-order valence-electron chi connectivity index (χ3n) is 3.70. The van der Waals surface area contributed by atoms with Crippen molar-refractivity contribution in [2.45, 2.75) is 65.5 Å². The average molecular weight is 265 g/mol. The molecule has 1 N–H and O–H groups in total. The van der Waals surface area contributed by atoms with Gasteiger partial charge < -0.3 is 5.32 Å². The smallest absolute Gasteiger partial charge is 0.125 e. The van der Waals surface area contributed by atoms with E-state index in [1.807, 2.05) is 6.92 Å². The van der Waals surface area contributed by atoms with Crippen molar-refractivity contribution in [3.8, 4) is 0 Å². The molecule has 1 atom stereocenters. The number of hydrogen-bond acceptors (Lipinski definition) is 1. The Balaban J connectivity index is 2.71. The highest BCUT2D eigenvalue weighted by Crippen LogP contribution is 2.22. The van der Waals surface area contributed by atoms with Gasteiger partial charge in [-0.25, -0.2) is 4.39 Å². The van der Waals surface area contributed by atoms with Crippen molar-refractivity contribution in [2.75, 3.05) is 11.9 Å². The molecule has 0 aromatic heterocycles. The van der Waals surface area contributed by atoms with Crippen LogP contribution in [0.3, 0.4) is 0 Å². The highest BCUT2D eigenvalue weighted by Gasteiger charge is 2.20. The Bertz CT molecular complexity index is 385. The van der Waals surface area contributed by atoms with E-state index < -0.39 is 5.67 Å². The molecule has 19 heavy (non-hydrogen) atoms. The first kappa shape index (κ1) is 16.0. The summed E-state index contributed by atoms with van der Waals surface area (Å²) in [7, 11) is 0. The van der Waals surface area contributed by atoms with E-state index >= 15 is 0 Å². The minimum atomic E-state index is -1.13. The zero-order chi connectivity index (χ0) is 14.3. The minimum absolute atomic E-state index is 0.383. The van der Waals surface area contributed by atoms with E-state index in [-0.39, 0.29) is 0 Å². The van der Waals surface area contributed by atoms with Crippen LogP contribution < -0.4 is 5.32 Å². The molecule has 0 aliphatic rings. The van der Waals surface area contributed by atoms with Gasteiger partial charge in [0.05, 0.1) is 0 Å². The lowest BCUT2D eigenvalue weighted by Crippen LogP contribution is -2.27. The molecule has 2 heteroatoms. The Morgan fingerprint density at radius 1 is 1.21 bits per heavy atom. The number of benzene rings is 1. The molecule has 1 rings (SSSR count). The van der Waals surface area contributed by atoms with Crippen LogP contribution in [0.2, 0.25) is 0 Å². The maximum absolute atomic E-state index is 14.0. The zero-order valence-electron chi connectivity index (χ0n) is 12.9. The SMILES string of the molecule is CCCCCc1ccc(C)cc1NCC(C)(F)CC. The molecule has 0 saturated heterocycles. The van der Waals surface area contributed by atoms with Crippen molar-refractivity contribution in [3.05, 3.63) is 29.3 Å². The van der Waals surface area contributed by atoms with Crippen molar-refractivity contribution < 1.29 is 4.39 Å². The molecule has 1 unspecified atom stereocenters. The van der Waals surface area contributed by atoms with Crippen molar-refractivity contribution >= 4 is 5.69 Å². The Labute approximate surface area is 117 Å². The van der Waals surface area contributed by atoms with Crippen LogP contribution >= 0.6 is 0 Å². The second-order valence-corrected chi connectivity index (χ2v) is 5.74. The van der Waals surface area contributed by atoms with E-state index in [2.05, 4.69) is 37.4 Å². The molecule has 0 aliphatic carbocycles. The second kappa shape index (κ2) is 7.52. The van der Waals surface area contributed by atoms with E-state index in [9.17, 15) is 4.39 Å². The van der Waals surface area contributed by atoms with Crippen LogP contribution in [0.1, 0.15) is 57.6 Å². The molecule has 0 aliphatic heterocycles. The fourth-order valence-electron chi connectivity index (χ4n) is 2.04. The molecule has 1 nitrogen and oxygen atoms in total. The lowest BCUT2D eigenvalue weighted by molar-refractivity contribution is 0.200. The number of nitrogens with one attached hydrogen (secondary N) is 1. The van der Waals surface area contributed by atoms with E-state index in [4.69, 9.17) is 0 Å². The van der Waals surface area contributed by atoms with Crippen LogP contribution in [0.15, 0.2) is 18.2 Å². The number of unbranched alkanes of at least 4 members (excludes halogenated alkanes) is 2. The zero-order valence-corrected chi connectivity index (χ0v) is 12.9. The van der Waals surface area contributed by atoms with E-state index in [0.717, 1.165) is 12.1 Å². The van der Waals surface area contributed by atoms with Crippen LogP contribution in [0, 0.1) is 6.92 Å². The summed E-state index contributed by atoms with van der Waals surface area (Å²) in [6, 6.07) is 6.45. The topological polar surface area (TPSA) is 12.0 Å². The van der Waals surface area contributed by atoms with Gasteiger partial charge in [0.1, 0.15) is 5.67 Å². The summed E-state index contributed by atoms with van der Waals surface area (Å²) >= 11 is 0. The van der Waals surface area contributed by atoms with Crippen molar-refractivity contribution in [3.63, 3.8) is 0 Å². The molecule has 0 bridgehead atoms. The van der Waals surface area contributed by atoms with Gasteiger partial charge in [0.25, 0.3) is 0 Å². The summed E-state index contributed by atoms with van der Waals surface area (Å²) in [5, 5.41) is 3.30. The van der Waals surface area contributed by atoms with Crippen LogP contribution in [0.4, 0.5) is 10.1 Å². The number of alkyl halides is 1. The summed E-state index contributed by atoms with van der Waals surface area (Å²) < 4.78 is 14.0. The van der Waals surface area contributed by atoms with Gasteiger partial charge in [-0.2, -0.15) is 0 Å². The van der Waals surface area contributed by atoms with Gasteiger partial charge in [-0.3, -0.25) is 0 Å². The number of anilines is 1. The third-order valence-corrected chi connectivity index (χ3v) is 3.70. The normalized spacial score (nSPS) is 14.2. The first-order valence-electron chi connectivity index (χ1n) is 7.51. The maximum Gasteiger partial charge on any atom is 0.125 e. The monoisotopic (exact) mass is 265 g/mol. The molecule has 1 aromatic carbocycles. The minimum Gasteiger partial charge on any atom is -0.382 e. The van der Waals surface area contributed by atoms with E-state index in [1.165, 1.54) is 30.4 Å². The Hall–Kier alpha value is -1.05. The first-order valence-corrected chi connectivity index (χ1v) is 7.51. The van der Waals surface area contributed by atoms with E-state index in [0.29, 0.717) is 13.0 Å². The lowest BCUT2D eigenvalue weighted by atomic mass is 10.0. The first-order chi connectivity index (χ1) is 8.98. The van der Waals surface area contributed by atoms with Gasteiger partial charge in [0.2, 0.25) is 0 Å². The quantitative estimate of drug-likeness (QED) is 0.631. The molecule has 0 heterocycles. The number of aryl methyl sites for hydroxylation is 2. The predicted octanol–water partition coefficient (Wildman–Crippen LogP) is 5.28. The van der Waals surface area contributed by atoms with Gasteiger partial charge in [-0.15, -0.1) is 0 Å². The summed E-state index contributed by atoms with van der Waals surface area (Å²) in [5.41, 5.74) is 2.50. The molecule has 108 valence electrons. The summed E-state index contributed by atoms with van der Waals surface area (Å²) in [6.07, 6.45) is 5.30. The number of rotatable bonds is 8. The summed E-state index contributed by atoms with van der Waals surface area (Å²) in [4.78, 5) is 0. The maximum atomic E-state index is 14.0. The Morgan fingerprint density at radius 2 is 1.95 bits per heavy atom. The highest BCUT2D eigenvalue weighted by atomic mass is 19.1. The predicted molar refractivity (Wildman–Crippen MR) is 82.7 cm³/mol. The molecule has 0 saturated carbocycles. The molecular weight excluding hydrogens is 237 g/mol. The standard InChI is InChI=1S/C17H28FN/c1-5-7-8-9-15-11-10-14(3)12-16(15)19-13-17(4,18)6-2/h10-12,19H,5-9,13H2,1-4H3. The van der Waals surface area contributed by atoms with Crippen molar-refractivity contribution in [2.24, 2.45) is 0 Å².